The molecule has 11 heteroatoms. The Hall–Kier alpha value is -2.77. The summed E-state index contributed by atoms with van der Waals surface area (Å²) in [5.41, 5.74) is 1.64. The lowest BCUT2D eigenvalue weighted by atomic mass is 9.97. The van der Waals surface area contributed by atoms with Gasteiger partial charge < -0.3 is 47.7 Å². The fourth-order valence-corrected chi connectivity index (χ4v) is 5.20. The highest BCUT2D eigenvalue weighted by atomic mass is 16.8. The van der Waals surface area contributed by atoms with Gasteiger partial charge in [0.25, 0.3) is 0 Å². The van der Waals surface area contributed by atoms with Crippen molar-refractivity contribution < 1.29 is 52.5 Å². The van der Waals surface area contributed by atoms with Crippen molar-refractivity contribution in [1.82, 2.24) is 0 Å². The second-order valence-electron chi connectivity index (χ2n) is 13.8. The largest absolute Gasteiger partial charge is 0.497 e. The molecule has 0 aromatic heterocycles. The van der Waals surface area contributed by atoms with Crippen LogP contribution in [0.5, 0.6) is 11.5 Å². The van der Waals surface area contributed by atoms with E-state index in [4.69, 9.17) is 42.6 Å². The molecule has 2 aliphatic heterocycles. The Balaban J connectivity index is 0.000000269. The second-order valence-corrected chi connectivity index (χ2v) is 13.8. The van der Waals surface area contributed by atoms with Crippen LogP contribution in [-0.2, 0) is 51.2 Å². The van der Waals surface area contributed by atoms with Gasteiger partial charge in [-0.1, -0.05) is 24.3 Å². The number of methoxy groups -OCH3 is 2. The third-order valence-corrected chi connectivity index (χ3v) is 7.69. The molecule has 2 heterocycles. The van der Waals surface area contributed by atoms with Crippen molar-refractivity contribution in [3.05, 3.63) is 59.7 Å². The van der Waals surface area contributed by atoms with Gasteiger partial charge in [-0.2, -0.15) is 0 Å². The van der Waals surface area contributed by atoms with Crippen LogP contribution in [0.1, 0.15) is 72.4 Å². The molecule has 0 spiro atoms. The molecule has 2 saturated heterocycles. The molecular formula is C37H56O11. The minimum absolute atomic E-state index is 0.0351. The summed E-state index contributed by atoms with van der Waals surface area (Å²) in [6.07, 6.45) is 0.493. The van der Waals surface area contributed by atoms with Crippen molar-refractivity contribution in [3.8, 4) is 11.5 Å². The fraction of sp³-hybridized carbons (Fsp3) is 0.649. The summed E-state index contributed by atoms with van der Waals surface area (Å²) in [5.74, 6) is 0.0896. The number of ether oxygens (including phenoxy) is 9. The van der Waals surface area contributed by atoms with E-state index in [2.05, 4.69) is 0 Å². The Kier molecular flexibility index (Phi) is 15.1. The number of carbonyl (C=O) groups excluding carboxylic acids is 1. The minimum Gasteiger partial charge on any atom is -0.497 e. The molecule has 48 heavy (non-hydrogen) atoms. The SMILES string of the molecule is COc1ccc(COCC[C@@H]2OC(C)(C)O[C@@H]2CO)cc1.COc1ccc(COCC[C@@H]2OC(C)(C)O[C@@H]2COC(=O)C(C)(C)C)cc1. The quantitative estimate of drug-likeness (QED) is 0.181. The number of carbonyl (C=O) groups is 1. The Bertz CT molecular complexity index is 1220. The van der Waals surface area contributed by atoms with Gasteiger partial charge in [0.15, 0.2) is 11.6 Å². The summed E-state index contributed by atoms with van der Waals surface area (Å²) in [6, 6.07) is 15.6. The van der Waals surface area contributed by atoms with Gasteiger partial charge in [0.05, 0.1) is 51.7 Å². The van der Waals surface area contributed by atoms with Crippen LogP contribution < -0.4 is 9.47 Å². The molecule has 2 aliphatic rings. The van der Waals surface area contributed by atoms with Gasteiger partial charge in [-0.05, 0) is 96.7 Å². The van der Waals surface area contributed by atoms with Crippen LogP contribution in [0.2, 0.25) is 0 Å². The number of hydrogen-bond donors (Lipinski definition) is 1. The fourth-order valence-electron chi connectivity index (χ4n) is 5.20. The van der Waals surface area contributed by atoms with E-state index >= 15 is 0 Å². The van der Waals surface area contributed by atoms with Crippen molar-refractivity contribution in [3.63, 3.8) is 0 Å². The summed E-state index contributed by atoms with van der Waals surface area (Å²) in [6.45, 7) is 15.2. The number of aliphatic hydroxyl groups is 1. The van der Waals surface area contributed by atoms with Crippen LogP contribution in [0, 0.1) is 5.41 Å². The van der Waals surface area contributed by atoms with E-state index in [-0.39, 0.29) is 43.6 Å². The van der Waals surface area contributed by atoms with E-state index in [0.717, 1.165) is 22.6 Å². The summed E-state index contributed by atoms with van der Waals surface area (Å²) in [5, 5.41) is 9.29. The van der Waals surface area contributed by atoms with E-state index in [1.165, 1.54) is 0 Å². The van der Waals surface area contributed by atoms with E-state index in [1.807, 2.05) is 97.0 Å². The van der Waals surface area contributed by atoms with Crippen LogP contribution in [0.3, 0.4) is 0 Å². The molecule has 2 fully saturated rings. The number of hydrogen-bond acceptors (Lipinski definition) is 11. The topological polar surface area (TPSA) is 120 Å². The molecule has 4 atom stereocenters. The molecule has 0 bridgehead atoms. The van der Waals surface area contributed by atoms with E-state index in [9.17, 15) is 9.90 Å². The first-order valence-corrected chi connectivity index (χ1v) is 16.6. The standard InChI is InChI=1S/C21H32O6.C16H24O5/c1-20(2,3)19(22)25-14-18-17(26-21(4,5)27-18)11-12-24-13-15-7-9-16(23-6)10-8-15;1-16(2)20-14(15(10-17)21-16)8-9-19-11-12-4-6-13(18-3)7-5-12/h7-10,17-18H,11-14H2,1-6H3;4-7,14-15,17H,8-11H2,1-3H3/t17-,18+;14-,15+/m00/s1. The Morgan fingerprint density at radius 2 is 1.08 bits per heavy atom. The van der Waals surface area contributed by atoms with Gasteiger partial charge in [-0.15, -0.1) is 0 Å². The molecule has 0 aliphatic carbocycles. The smallest absolute Gasteiger partial charge is 0.311 e. The summed E-state index contributed by atoms with van der Waals surface area (Å²) >= 11 is 0. The van der Waals surface area contributed by atoms with Crippen LogP contribution >= 0.6 is 0 Å². The van der Waals surface area contributed by atoms with Crippen LogP contribution in [0.25, 0.3) is 0 Å². The molecule has 2 aromatic rings. The zero-order valence-electron chi connectivity index (χ0n) is 30.1. The van der Waals surface area contributed by atoms with Crippen molar-refractivity contribution in [2.24, 2.45) is 5.41 Å². The number of esters is 1. The van der Waals surface area contributed by atoms with E-state index in [1.54, 1.807) is 14.2 Å². The number of aliphatic hydroxyl groups excluding tert-OH is 1. The maximum atomic E-state index is 12.0. The Morgan fingerprint density at radius 1 is 0.688 bits per heavy atom. The monoisotopic (exact) mass is 676 g/mol. The van der Waals surface area contributed by atoms with E-state index < -0.39 is 17.0 Å². The highest BCUT2D eigenvalue weighted by Crippen LogP contribution is 2.31. The zero-order valence-corrected chi connectivity index (χ0v) is 30.1. The summed E-state index contributed by atoms with van der Waals surface area (Å²) in [4.78, 5) is 12.0. The van der Waals surface area contributed by atoms with Gasteiger partial charge in [-0.3, -0.25) is 4.79 Å². The molecule has 0 radical (unpaired) electrons. The minimum atomic E-state index is -0.695. The average Bonchev–Trinajstić information content (AvgIpc) is 3.52. The maximum Gasteiger partial charge on any atom is 0.311 e. The lowest BCUT2D eigenvalue weighted by Gasteiger charge is -2.21. The molecule has 4 rings (SSSR count). The molecule has 0 amide bonds. The summed E-state index contributed by atoms with van der Waals surface area (Å²) < 4.78 is 50.3. The first-order chi connectivity index (χ1) is 22.6. The highest BCUT2D eigenvalue weighted by Gasteiger charge is 2.42. The average molecular weight is 677 g/mol. The highest BCUT2D eigenvalue weighted by molar-refractivity contribution is 5.75. The first-order valence-electron chi connectivity index (χ1n) is 16.6. The molecule has 1 N–H and O–H groups in total. The van der Waals surface area contributed by atoms with Gasteiger partial charge in [0, 0.05) is 13.2 Å². The van der Waals surface area contributed by atoms with Gasteiger partial charge in [-0.25, -0.2) is 0 Å². The lowest BCUT2D eigenvalue weighted by Crippen LogP contribution is -2.33. The second kappa shape index (κ2) is 18.3. The number of benzene rings is 2. The van der Waals surface area contributed by atoms with Gasteiger partial charge in [0.2, 0.25) is 0 Å². The lowest BCUT2D eigenvalue weighted by molar-refractivity contribution is -0.165. The Morgan fingerprint density at radius 3 is 1.48 bits per heavy atom. The molecular weight excluding hydrogens is 620 g/mol. The molecule has 270 valence electrons. The zero-order chi connectivity index (χ0) is 35.4. The third kappa shape index (κ3) is 13.3. The van der Waals surface area contributed by atoms with Crippen molar-refractivity contribution in [2.45, 2.75) is 111 Å². The molecule has 11 nitrogen and oxygen atoms in total. The predicted octanol–water partition coefficient (Wildman–Crippen LogP) is 5.83. The van der Waals surface area contributed by atoms with Crippen LogP contribution in [0.15, 0.2) is 48.5 Å². The number of rotatable bonds is 15. The normalized spacial score (nSPS) is 22.9. The summed E-state index contributed by atoms with van der Waals surface area (Å²) in [7, 11) is 3.29. The predicted molar refractivity (Wildman–Crippen MR) is 180 cm³/mol. The van der Waals surface area contributed by atoms with Crippen molar-refractivity contribution >= 4 is 5.97 Å². The molecule has 0 saturated carbocycles. The van der Waals surface area contributed by atoms with Gasteiger partial charge in [0.1, 0.15) is 30.3 Å². The third-order valence-electron chi connectivity index (χ3n) is 7.69. The molecule has 0 unspecified atom stereocenters. The maximum absolute atomic E-state index is 12.0. The van der Waals surface area contributed by atoms with Gasteiger partial charge >= 0.3 is 5.97 Å². The van der Waals surface area contributed by atoms with E-state index in [0.29, 0.717) is 39.3 Å². The Labute approximate surface area is 286 Å². The van der Waals surface area contributed by atoms with Crippen LogP contribution in [0.4, 0.5) is 0 Å². The van der Waals surface area contributed by atoms with Crippen molar-refractivity contribution in [2.75, 3.05) is 40.6 Å². The molecule has 2 aromatic carbocycles. The van der Waals surface area contributed by atoms with Crippen molar-refractivity contribution in [1.29, 1.82) is 0 Å². The van der Waals surface area contributed by atoms with Crippen LogP contribution in [-0.4, -0.2) is 87.7 Å². The first kappa shape index (κ1) is 39.7.